The zero-order valence-corrected chi connectivity index (χ0v) is 11.5. The fraction of sp³-hybridized carbons (Fsp3) is 0.571. The van der Waals surface area contributed by atoms with Gasteiger partial charge in [0, 0.05) is 24.7 Å². The maximum atomic E-state index is 9.71. The number of morpholine rings is 1. The van der Waals surface area contributed by atoms with Crippen LogP contribution >= 0.6 is 0 Å². The number of methoxy groups -OCH3 is 2. The van der Waals surface area contributed by atoms with Crippen LogP contribution < -0.4 is 9.47 Å². The maximum Gasteiger partial charge on any atom is 0.127 e. The van der Waals surface area contributed by atoms with Crippen molar-refractivity contribution in [2.75, 3.05) is 47.1 Å². The molecular weight excluding hydrogens is 246 g/mol. The fourth-order valence-electron chi connectivity index (χ4n) is 2.39. The summed E-state index contributed by atoms with van der Waals surface area (Å²) in [6.07, 6.45) is 0. The van der Waals surface area contributed by atoms with Crippen molar-refractivity contribution in [2.45, 2.75) is 6.04 Å². The predicted molar refractivity (Wildman–Crippen MR) is 71.8 cm³/mol. The highest BCUT2D eigenvalue weighted by molar-refractivity contribution is 5.42. The van der Waals surface area contributed by atoms with Gasteiger partial charge < -0.3 is 19.3 Å². The average molecular weight is 267 g/mol. The van der Waals surface area contributed by atoms with Gasteiger partial charge in [0.25, 0.3) is 0 Å². The summed E-state index contributed by atoms with van der Waals surface area (Å²) in [6, 6.07) is 5.62. The van der Waals surface area contributed by atoms with Crippen molar-refractivity contribution in [1.29, 1.82) is 0 Å². The van der Waals surface area contributed by atoms with Gasteiger partial charge in [-0.05, 0) is 12.1 Å². The van der Waals surface area contributed by atoms with E-state index in [1.165, 1.54) is 0 Å². The molecule has 5 nitrogen and oxygen atoms in total. The third kappa shape index (κ3) is 3.18. The molecule has 2 rings (SSSR count). The minimum Gasteiger partial charge on any atom is -0.497 e. The van der Waals surface area contributed by atoms with E-state index in [0.717, 1.165) is 30.2 Å². The number of hydrogen-bond acceptors (Lipinski definition) is 5. The van der Waals surface area contributed by atoms with Gasteiger partial charge in [-0.2, -0.15) is 0 Å². The largest absolute Gasteiger partial charge is 0.497 e. The molecule has 0 aromatic heterocycles. The van der Waals surface area contributed by atoms with E-state index in [0.29, 0.717) is 13.2 Å². The summed E-state index contributed by atoms with van der Waals surface area (Å²) in [5, 5.41) is 9.71. The van der Waals surface area contributed by atoms with Crippen LogP contribution in [0.1, 0.15) is 11.6 Å². The van der Waals surface area contributed by atoms with Crippen LogP contribution in [-0.4, -0.2) is 57.1 Å². The molecule has 1 aromatic rings. The summed E-state index contributed by atoms with van der Waals surface area (Å²) in [5.41, 5.74) is 0.979. The van der Waals surface area contributed by atoms with E-state index >= 15 is 0 Å². The first kappa shape index (κ1) is 14.1. The maximum absolute atomic E-state index is 9.71. The normalized spacial score (nSPS) is 18.1. The van der Waals surface area contributed by atoms with Gasteiger partial charge in [0.1, 0.15) is 11.5 Å². The standard InChI is InChI=1S/C14H21NO4/c1-17-11-3-4-12(14(9-11)18-2)13(10-16)15-5-7-19-8-6-15/h3-4,9,13,16H,5-8,10H2,1-2H3. The van der Waals surface area contributed by atoms with Gasteiger partial charge in [0.05, 0.1) is 40.1 Å². The van der Waals surface area contributed by atoms with Crippen LogP contribution in [0.15, 0.2) is 18.2 Å². The number of nitrogens with zero attached hydrogens (tertiary/aromatic N) is 1. The molecule has 1 aliphatic heterocycles. The third-order valence-electron chi connectivity index (χ3n) is 3.46. The molecule has 0 radical (unpaired) electrons. The molecule has 0 amide bonds. The number of benzene rings is 1. The number of rotatable bonds is 5. The molecule has 0 spiro atoms. The molecule has 0 aliphatic carbocycles. The van der Waals surface area contributed by atoms with E-state index in [-0.39, 0.29) is 12.6 Å². The average Bonchev–Trinajstić information content (AvgIpc) is 2.49. The molecule has 1 saturated heterocycles. The van der Waals surface area contributed by atoms with E-state index in [1.807, 2.05) is 18.2 Å². The summed E-state index contributed by atoms with van der Waals surface area (Å²) in [6.45, 7) is 3.10. The topological polar surface area (TPSA) is 51.2 Å². The van der Waals surface area contributed by atoms with Crippen LogP contribution in [0.2, 0.25) is 0 Å². The first-order chi connectivity index (χ1) is 9.30. The molecule has 1 aliphatic rings. The summed E-state index contributed by atoms with van der Waals surface area (Å²) in [7, 11) is 3.26. The van der Waals surface area contributed by atoms with Crippen molar-refractivity contribution < 1.29 is 19.3 Å². The van der Waals surface area contributed by atoms with E-state index in [1.54, 1.807) is 14.2 Å². The number of ether oxygens (including phenoxy) is 3. The van der Waals surface area contributed by atoms with Gasteiger partial charge >= 0.3 is 0 Å². The zero-order chi connectivity index (χ0) is 13.7. The third-order valence-corrected chi connectivity index (χ3v) is 3.46. The van der Waals surface area contributed by atoms with Crippen LogP contribution in [0, 0.1) is 0 Å². The van der Waals surface area contributed by atoms with Gasteiger partial charge in [0.2, 0.25) is 0 Å². The second-order valence-electron chi connectivity index (χ2n) is 4.45. The Morgan fingerprint density at radius 1 is 1.26 bits per heavy atom. The SMILES string of the molecule is COc1ccc(C(CO)N2CCOCC2)c(OC)c1. The van der Waals surface area contributed by atoms with Crippen LogP contribution in [0.3, 0.4) is 0 Å². The summed E-state index contributed by atoms with van der Waals surface area (Å²) in [5.74, 6) is 1.49. The first-order valence-corrected chi connectivity index (χ1v) is 6.44. The molecule has 1 heterocycles. The lowest BCUT2D eigenvalue weighted by atomic mass is 10.0. The lowest BCUT2D eigenvalue weighted by Gasteiger charge is -2.34. The first-order valence-electron chi connectivity index (χ1n) is 6.44. The van der Waals surface area contributed by atoms with E-state index in [2.05, 4.69) is 4.90 Å². The molecule has 1 N–H and O–H groups in total. The van der Waals surface area contributed by atoms with Crippen molar-refractivity contribution in [3.8, 4) is 11.5 Å². The van der Waals surface area contributed by atoms with Crippen molar-refractivity contribution in [1.82, 2.24) is 4.90 Å². The molecule has 19 heavy (non-hydrogen) atoms. The molecule has 1 aromatic carbocycles. The second kappa shape index (κ2) is 6.75. The Labute approximate surface area is 113 Å². The van der Waals surface area contributed by atoms with E-state index < -0.39 is 0 Å². The Balaban J connectivity index is 2.26. The van der Waals surface area contributed by atoms with Gasteiger partial charge in [-0.25, -0.2) is 0 Å². The Bertz CT molecular complexity index is 404. The summed E-state index contributed by atoms with van der Waals surface area (Å²) in [4.78, 5) is 2.22. The van der Waals surface area contributed by atoms with Gasteiger partial charge in [0.15, 0.2) is 0 Å². The lowest BCUT2D eigenvalue weighted by molar-refractivity contribution is 0.00203. The highest BCUT2D eigenvalue weighted by atomic mass is 16.5. The molecular formula is C14H21NO4. The van der Waals surface area contributed by atoms with Gasteiger partial charge in [-0.15, -0.1) is 0 Å². The minimum atomic E-state index is -0.0650. The van der Waals surface area contributed by atoms with E-state index in [4.69, 9.17) is 14.2 Å². The van der Waals surface area contributed by atoms with Crippen LogP contribution in [-0.2, 0) is 4.74 Å². The summed E-state index contributed by atoms with van der Waals surface area (Å²) < 4.78 is 16.0. The second-order valence-corrected chi connectivity index (χ2v) is 4.45. The Hall–Kier alpha value is -1.30. The summed E-state index contributed by atoms with van der Waals surface area (Å²) >= 11 is 0. The van der Waals surface area contributed by atoms with Crippen LogP contribution in [0.4, 0.5) is 0 Å². The van der Waals surface area contributed by atoms with Crippen LogP contribution in [0.25, 0.3) is 0 Å². The number of hydrogen-bond donors (Lipinski definition) is 1. The molecule has 106 valence electrons. The monoisotopic (exact) mass is 267 g/mol. The Morgan fingerprint density at radius 2 is 2.00 bits per heavy atom. The molecule has 1 unspecified atom stereocenters. The zero-order valence-electron chi connectivity index (χ0n) is 11.5. The number of aliphatic hydroxyl groups excluding tert-OH is 1. The Morgan fingerprint density at radius 3 is 2.58 bits per heavy atom. The van der Waals surface area contributed by atoms with Gasteiger partial charge in [-0.3, -0.25) is 4.90 Å². The molecule has 1 atom stereocenters. The van der Waals surface area contributed by atoms with Crippen LogP contribution in [0.5, 0.6) is 11.5 Å². The fourth-order valence-corrected chi connectivity index (χ4v) is 2.39. The molecule has 0 saturated carbocycles. The van der Waals surface area contributed by atoms with Gasteiger partial charge in [-0.1, -0.05) is 0 Å². The number of aliphatic hydroxyl groups is 1. The van der Waals surface area contributed by atoms with E-state index in [9.17, 15) is 5.11 Å². The van der Waals surface area contributed by atoms with Crippen molar-refractivity contribution in [3.05, 3.63) is 23.8 Å². The smallest absolute Gasteiger partial charge is 0.127 e. The lowest BCUT2D eigenvalue weighted by Crippen LogP contribution is -2.40. The highest BCUT2D eigenvalue weighted by Gasteiger charge is 2.24. The highest BCUT2D eigenvalue weighted by Crippen LogP contribution is 2.32. The molecule has 5 heteroatoms. The quantitative estimate of drug-likeness (QED) is 0.865. The molecule has 1 fully saturated rings. The van der Waals surface area contributed by atoms with Crippen molar-refractivity contribution in [3.63, 3.8) is 0 Å². The van der Waals surface area contributed by atoms with Crippen molar-refractivity contribution >= 4 is 0 Å². The minimum absolute atomic E-state index is 0.0582. The predicted octanol–water partition coefficient (Wildman–Crippen LogP) is 1.07. The molecule has 0 bridgehead atoms. The Kier molecular flexibility index (Phi) is 5.01. The van der Waals surface area contributed by atoms with Crippen molar-refractivity contribution in [2.24, 2.45) is 0 Å².